The number of thioether (sulfide) groups is 1. The van der Waals surface area contributed by atoms with Crippen molar-refractivity contribution in [3.63, 3.8) is 0 Å². The maximum absolute atomic E-state index is 12.5. The fraction of sp³-hybridized carbons (Fsp3) is 0.318. The van der Waals surface area contributed by atoms with E-state index in [-0.39, 0.29) is 31.0 Å². The SMILES string of the molecule is O=C(CSc1ccccc1C(=O)OCC(=O)N1CCOCC1)Nc1ccc2c(c1)OCO2. The van der Waals surface area contributed by atoms with Crippen LogP contribution in [0.1, 0.15) is 10.4 Å². The molecule has 2 heterocycles. The van der Waals surface area contributed by atoms with Gasteiger partial charge in [-0.1, -0.05) is 12.1 Å². The molecule has 0 spiro atoms. The van der Waals surface area contributed by atoms with E-state index in [0.29, 0.717) is 53.9 Å². The molecule has 1 saturated heterocycles. The molecule has 0 radical (unpaired) electrons. The number of ether oxygens (including phenoxy) is 4. The Labute approximate surface area is 188 Å². The highest BCUT2D eigenvalue weighted by molar-refractivity contribution is 8.00. The second-order valence-corrected chi connectivity index (χ2v) is 7.99. The Morgan fingerprint density at radius 2 is 1.81 bits per heavy atom. The molecule has 2 aliphatic rings. The van der Waals surface area contributed by atoms with Gasteiger partial charge in [-0.25, -0.2) is 4.79 Å². The highest BCUT2D eigenvalue weighted by atomic mass is 32.2. The first-order valence-electron chi connectivity index (χ1n) is 10.0. The number of benzene rings is 2. The number of amides is 2. The van der Waals surface area contributed by atoms with Crippen LogP contribution >= 0.6 is 11.8 Å². The first-order valence-corrected chi connectivity index (χ1v) is 11.0. The quantitative estimate of drug-likeness (QED) is 0.497. The number of anilines is 1. The number of morpholine rings is 1. The van der Waals surface area contributed by atoms with E-state index < -0.39 is 5.97 Å². The molecule has 0 aliphatic carbocycles. The lowest BCUT2D eigenvalue weighted by atomic mass is 10.2. The molecule has 0 atom stereocenters. The smallest absolute Gasteiger partial charge is 0.339 e. The van der Waals surface area contributed by atoms with E-state index in [1.165, 1.54) is 11.8 Å². The highest BCUT2D eigenvalue weighted by Gasteiger charge is 2.20. The van der Waals surface area contributed by atoms with Crippen LogP contribution in [0.25, 0.3) is 0 Å². The van der Waals surface area contributed by atoms with Gasteiger partial charge in [0, 0.05) is 29.7 Å². The first kappa shape index (κ1) is 22.0. The van der Waals surface area contributed by atoms with Gasteiger partial charge in [0.15, 0.2) is 18.1 Å². The lowest BCUT2D eigenvalue weighted by molar-refractivity contribution is -0.138. The Balaban J connectivity index is 1.30. The van der Waals surface area contributed by atoms with Crippen LogP contribution in [0, 0.1) is 0 Å². The van der Waals surface area contributed by atoms with Crippen LogP contribution < -0.4 is 14.8 Å². The number of nitrogens with zero attached hydrogens (tertiary/aromatic N) is 1. The van der Waals surface area contributed by atoms with E-state index in [9.17, 15) is 14.4 Å². The predicted molar refractivity (Wildman–Crippen MR) is 116 cm³/mol. The third-order valence-electron chi connectivity index (χ3n) is 4.81. The van der Waals surface area contributed by atoms with Gasteiger partial charge in [-0.3, -0.25) is 9.59 Å². The minimum Gasteiger partial charge on any atom is -0.454 e. The number of hydrogen-bond acceptors (Lipinski definition) is 8. The lowest BCUT2D eigenvalue weighted by Crippen LogP contribution is -2.42. The van der Waals surface area contributed by atoms with E-state index in [1.54, 1.807) is 47.4 Å². The average molecular weight is 458 g/mol. The Kier molecular flexibility index (Phi) is 7.13. The number of rotatable bonds is 7. The van der Waals surface area contributed by atoms with Gasteiger partial charge in [-0.2, -0.15) is 0 Å². The van der Waals surface area contributed by atoms with Crippen molar-refractivity contribution in [3.8, 4) is 11.5 Å². The largest absolute Gasteiger partial charge is 0.454 e. The summed E-state index contributed by atoms with van der Waals surface area (Å²) < 4.78 is 21.0. The van der Waals surface area contributed by atoms with Crippen LogP contribution in [0.5, 0.6) is 11.5 Å². The summed E-state index contributed by atoms with van der Waals surface area (Å²) in [5.41, 5.74) is 0.900. The minimum atomic E-state index is -0.606. The summed E-state index contributed by atoms with van der Waals surface area (Å²) in [5, 5.41) is 2.80. The summed E-state index contributed by atoms with van der Waals surface area (Å²) in [7, 11) is 0. The molecule has 1 fully saturated rings. The maximum atomic E-state index is 12.5. The first-order chi connectivity index (χ1) is 15.6. The summed E-state index contributed by atoms with van der Waals surface area (Å²) in [4.78, 5) is 39.3. The standard InChI is InChI=1S/C22H22N2O7S/c25-20(23-15-5-6-17-18(11-15)31-14-30-17)13-32-19-4-2-1-3-16(19)22(27)29-12-21(26)24-7-9-28-10-8-24/h1-6,11H,7-10,12-14H2,(H,23,25). The summed E-state index contributed by atoms with van der Waals surface area (Å²) in [5.74, 6) is 0.207. The Bertz CT molecular complexity index is 1010. The van der Waals surface area contributed by atoms with Crippen LogP contribution in [-0.4, -0.2) is 68.1 Å². The van der Waals surface area contributed by atoms with E-state index >= 15 is 0 Å². The van der Waals surface area contributed by atoms with Crippen molar-refractivity contribution >= 4 is 35.2 Å². The zero-order valence-electron chi connectivity index (χ0n) is 17.2. The number of carbonyl (C=O) groups excluding carboxylic acids is 3. The van der Waals surface area contributed by atoms with Gasteiger partial charge in [-0.15, -0.1) is 11.8 Å². The number of nitrogens with one attached hydrogen (secondary N) is 1. The minimum absolute atomic E-state index is 0.0887. The van der Waals surface area contributed by atoms with Gasteiger partial charge in [0.2, 0.25) is 12.7 Å². The van der Waals surface area contributed by atoms with Crippen molar-refractivity contribution in [1.29, 1.82) is 0 Å². The molecule has 4 rings (SSSR count). The van der Waals surface area contributed by atoms with Crippen molar-refractivity contribution in [2.75, 3.05) is 50.8 Å². The van der Waals surface area contributed by atoms with Gasteiger partial charge in [-0.05, 0) is 24.3 Å². The fourth-order valence-corrected chi connectivity index (χ4v) is 4.03. The Morgan fingerprint density at radius 1 is 1.03 bits per heavy atom. The van der Waals surface area contributed by atoms with E-state index in [4.69, 9.17) is 18.9 Å². The molecule has 32 heavy (non-hydrogen) atoms. The molecular weight excluding hydrogens is 436 g/mol. The van der Waals surface area contributed by atoms with Crippen LogP contribution in [0.4, 0.5) is 5.69 Å². The monoisotopic (exact) mass is 458 g/mol. The van der Waals surface area contributed by atoms with Gasteiger partial charge in [0.05, 0.1) is 24.5 Å². The normalized spacial score (nSPS) is 14.7. The second-order valence-electron chi connectivity index (χ2n) is 6.97. The zero-order chi connectivity index (χ0) is 22.3. The van der Waals surface area contributed by atoms with Crippen molar-refractivity contribution < 1.29 is 33.3 Å². The van der Waals surface area contributed by atoms with Crippen molar-refractivity contribution in [2.45, 2.75) is 4.90 Å². The topological polar surface area (TPSA) is 103 Å². The van der Waals surface area contributed by atoms with E-state index in [0.717, 1.165) is 0 Å². The fourth-order valence-electron chi connectivity index (χ4n) is 3.18. The molecule has 2 aliphatic heterocycles. The molecule has 2 aromatic carbocycles. The molecule has 0 aromatic heterocycles. The van der Waals surface area contributed by atoms with Crippen molar-refractivity contribution in [1.82, 2.24) is 4.90 Å². The molecule has 9 nitrogen and oxygen atoms in total. The van der Waals surface area contributed by atoms with Crippen LogP contribution in [-0.2, 0) is 19.1 Å². The second kappa shape index (κ2) is 10.4. The van der Waals surface area contributed by atoms with Crippen molar-refractivity contribution in [3.05, 3.63) is 48.0 Å². The maximum Gasteiger partial charge on any atom is 0.339 e. The van der Waals surface area contributed by atoms with E-state index in [2.05, 4.69) is 5.32 Å². The lowest BCUT2D eigenvalue weighted by Gasteiger charge is -2.26. The van der Waals surface area contributed by atoms with E-state index in [1.807, 2.05) is 0 Å². The molecule has 0 saturated carbocycles. The van der Waals surface area contributed by atoms with Gasteiger partial charge in [0.25, 0.3) is 5.91 Å². The molecule has 1 N–H and O–H groups in total. The van der Waals surface area contributed by atoms with Crippen molar-refractivity contribution in [2.24, 2.45) is 0 Å². The Hall–Kier alpha value is -3.24. The molecule has 168 valence electrons. The molecular formula is C22H22N2O7S. The van der Waals surface area contributed by atoms with Gasteiger partial charge >= 0.3 is 5.97 Å². The Morgan fingerprint density at radius 3 is 2.66 bits per heavy atom. The average Bonchev–Trinajstić information content (AvgIpc) is 3.29. The zero-order valence-corrected chi connectivity index (χ0v) is 18.0. The molecule has 2 amide bonds. The highest BCUT2D eigenvalue weighted by Crippen LogP contribution is 2.34. The van der Waals surface area contributed by atoms with Crippen LogP contribution in [0.15, 0.2) is 47.4 Å². The summed E-state index contributed by atoms with van der Waals surface area (Å²) in [6.07, 6.45) is 0. The summed E-state index contributed by atoms with van der Waals surface area (Å²) in [6.45, 7) is 1.76. The third-order valence-corrected chi connectivity index (χ3v) is 5.89. The number of fused-ring (bicyclic) bond motifs is 1. The van der Waals surface area contributed by atoms with Crippen LogP contribution in [0.3, 0.4) is 0 Å². The van der Waals surface area contributed by atoms with Crippen LogP contribution in [0.2, 0.25) is 0 Å². The molecule has 2 aromatic rings. The number of carbonyl (C=O) groups is 3. The van der Waals surface area contributed by atoms with Gasteiger partial charge < -0.3 is 29.2 Å². The molecule has 0 unspecified atom stereocenters. The number of esters is 1. The summed E-state index contributed by atoms with van der Waals surface area (Å²) in [6, 6.07) is 12.0. The summed E-state index contributed by atoms with van der Waals surface area (Å²) >= 11 is 1.21. The predicted octanol–water partition coefficient (Wildman–Crippen LogP) is 2.16. The number of hydrogen-bond donors (Lipinski definition) is 1. The third kappa shape index (κ3) is 5.51. The van der Waals surface area contributed by atoms with Gasteiger partial charge in [0.1, 0.15) is 0 Å². The molecule has 0 bridgehead atoms. The molecule has 10 heteroatoms.